The van der Waals surface area contributed by atoms with Crippen LogP contribution in [-0.4, -0.2) is 19.2 Å². The van der Waals surface area contributed by atoms with Crippen molar-refractivity contribution in [3.8, 4) is 0 Å². The van der Waals surface area contributed by atoms with E-state index in [1.165, 1.54) is 0 Å². The molecule has 0 N–H and O–H groups in total. The number of carbonyl (C=O) groups excluding carboxylic acids is 1. The van der Waals surface area contributed by atoms with Crippen molar-refractivity contribution in [2.45, 2.75) is 6.92 Å². The molecule has 3 heteroatoms. The van der Waals surface area contributed by atoms with Gasteiger partial charge in [0.25, 0.3) is 0 Å². The van der Waals surface area contributed by atoms with Gasteiger partial charge in [-0.25, -0.2) is 4.79 Å². The van der Waals surface area contributed by atoms with Gasteiger partial charge in [-0.05, 0) is 6.92 Å². The maximum atomic E-state index is 10.2. The van der Waals surface area contributed by atoms with Gasteiger partial charge in [0.2, 0.25) is 0 Å². The van der Waals surface area contributed by atoms with Crippen molar-refractivity contribution in [3.05, 3.63) is 7.11 Å². The minimum Gasteiger partial charge on any atom is -0.464 e. The first kappa shape index (κ1) is 7.43. The highest BCUT2D eigenvalue weighted by molar-refractivity contribution is 5.70. The van der Waals surface area contributed by atoms with Gasteiger partial charge in [0.05, 0.1) is 6.61 Å². The monoisotopic (exact) mass is 116 g/mol. The maximum Gasteiger partial charge on any atom is 0.332 e. The molecule has 0 aliphatic rings. The molecule has 0 aromatic heterocycles. The molecule has 0 saturated heterocycles. The third-order valence-electron chi connectivity index (χ3n) is 0.507. The molecule has 0 unspecified atom stereocenters. The van der Waals surface area contributed by atoms with Crippen molar-refractivity contribution in [2.75, 3.05) is 13.2 Å². The van der Waals surface area contributed by atoms with Gasteiger partial charge >= 0.3 is 5.97 Å². The van der Waals surface area contributed by atoms with Crippen LogP contribution < -0.4 is 0 Å². The van der Waals surface area contributed by atoms with E-state index in [0.29, 0.717) is 6.61 Å². The zero-order valence-electron chi connectivity index (χ0n) is 4.72. The fraction of sp³-hybridized carbons (Fsp3) is 0.600. The topological polar surface area (TPSA) is 35.5 Å². The third kappa shape index (κ3) is 3.61. The summed E-state index contributed by atoms with van der Waals surface area (Å²) in [4.78, 5) is 10.2. The quantitative estimate of drug-likeness (QED) is 0.495. The van der Waals surface area contributed by atoms with Gasteiger partial charge in [0.1, 0.15) is 13.7 Å². The van der Waals surface area contributed by atoms with E-state index in [-0.39, 0.29) is 6.61 Å². The van der Waals surface area contributed by atoms with Crippen LogP contribution in [-0.2, 0) is 14.3 Å². The Morgan fingerprint density at radius 3 is 2.75 bits per heavy atom. The molecule has 2 radical (unpaired) electrons. The summed E-state index contributed by atoms with van der Waals surface area (Å²) in [6, 6.07) is 0. The summed E-state index contributed by atoms with van der Waals surface area (Å²) in [7, 11) is 4.56. The Hall–Kier alpha value is -0.570. The Labute approximate surface area is 48.6 Å². The van der Waals surface area contributed by atoms with Gasteiger partial charge in [0.15, 0.2) is 0 Å². The molecule has 0 spiro atoms. The molecule has 0 aliphatic heterocycles. The first-order valence-corrected chi connectivity index (χ1v) is 2.28. The van der Waals surface area contributed by atoms with E-state index in [4.69, 9.17) is 0 Å². The van der Waals surface area contributed by atoms with Crippen LogP contribution in [0.4, 0.5) is 0 Å². The Bertz CT molecular complexity index is 62.1. The molecule has 0 rings (SSSR count). The molecule has 0 aromatic carbocycles. The van der Waals surface area contributed by atoms with E-state index >= 15 is 0 Å². The number of hydrogen-bond donors (Lipinski definition) is 0. The molecule has 3 nitrogen and oxygen atoms in total. The highest BCUT2D eigenvalue weighted by atomic mass is 16.6. The molecule has 0 bridgehead atoms. The van der Waals surface area contributed by atoms with Crippen molar-refractivity contribution < 1.29 is 14.3 Å². The Morgan fingerprint density at radius 1 is 1.75 bits per heavy atom. The summed E-state index contributed by atoms with van der Waals surface area (Å²) in [5, 5.41) is 0. The van der Waals surface area contributed by atoms with Gasteiger partial charge in [-0.3, -0.25) is 0 Å². The summed E-state index contributed by atoms with van der Waals surface area (Å²) >= 11 is 0. The molecule has 0 aliphatic carbocycles. The largest absolute Gasteiger partial charge is 0.464 e. The minimum atomic E-state index is -0.435. The average Bonchev–Trinajstić information content (AvgIpc) is 1.68. The van der Waals surface area contributed by atoms with Crippen molar-refractivity contribution in [3.63, 3.8) is 0 Å². The molecule has 0 atom stereocenters. The molecular weight excluding hydrogens is 108 g/mol. The van der Waals surface area contributed by atoms with Crippen molar-refractivity contribution >= 4 is 5.97 Å². The predicted octanol–water partition coefficient (Wildman–Crippen LogP) is 0.235. The van der Waals surface area contributed by atoms with E-state index in [0.717, 1.165) is 0 Å². The van der Waals surface area contributed by atoms with Crippen LogP contribution in [0, 0.1) is 7.11 Å². The molecule has 8 heavy (non-hydrogen) atoms. The highest BCUT2D eigenvalue weighted by Crippen LogP contribution is 1.77. The summed E-state index contributed by atoms with van der Waals surface area (Å²) in [5.41, 5.74) is 0. The Kier molecular flexibility index (Phi) is 4.26. The van der Waals surface area contributed by atoms with Crippen molar-refractivity contribution in [2.24, 2.45) is 0 Å². The van der Waals surface area contributed by atoms with E-state index in [9.17, 15) is 4.79 Å². The molecular formula is C5H8O3. The lowest BCUT2D eigenvalue weighted by Crippen LogP contribution is -2.09. The lowest BCUT2D eigenvalue weighted by molar-refractivity contribution is -0.146. The van der Waals surface area contributed by atoms with Gasteiger partial charge in [-0.2, -0.15) is 0 Å². The van der Waals surface area contributed by atoms with Crippen LogP contribution in [0.2, 0.25) is 0 Å². The van der Waals surface area contributed by atoms with Gasteiger partial charge < -0.3 is 9.47 Å². The molecule has 0 aromatic rings. The maximum absolute atomic E-state index is 10.2. The lowest BCUT2D eigenvalue weighted by Gasteiger charge is -1.96. The fourth-order valence-electron chi connectivity index (χ4n) is 0.271. The highest BCUT2D eigenvalue weighted by Gasteiger charge is 1.96. The predicted molar refractivity (Wildman–Crippen MR) is 26.9 cm³/mol. The SMILES string of the molecule is [CH]OCC(=O)OCC. The second kappa shape index (κ2) is 4.59. The van der Waals surface area contributed by atoms with Gasteiger partial charge in [0, 0.05) is 0 Å². The second-order valence-corrected chi connectivity index (χ2v) is 1.12. The molecule has 0 saturated carbocycles. The van der Waals surface area contributed by atoms with Crippen LogP contribution in [0.3, 0.4) is 0 Å². The Morgan fingerprint density at radius 2 is 2.38 bits per heavy atom. The standard InChI is InChI=1S/C5H8O3/c1-3-8-5(6)4-7-2/h2H,3-4H2,1H3. The second-order valence-electron chi connectivity index (χ2n) is 1.12. The Balaban J connectivity index is 3.06. The zero-order valence-corrected chi connectivity index (χ0v) is 4.72. The van der Waals surface area contributed by atoms with E-state index in [1.54, 1.807) is 6.92 Å². The van der Waals surface area contributed by atoms with E-state index in [2.05, 4.69) is 16.6 Å². The van der Waals surface area contributed by atoms with Crippen LogP contribution in [0.1, 0.15) is 6.92 Å². The van der Waals surface area contributed by atoms with E-state index in [1.807, 2.05) is 0 Å². The fourth-order valence-corrected chi connectivity index (χ4v) is 0.271. The zero-order chi connectivity index (χ0) is 6.41. The van der Waals surface area contributed by atoms with E-state index < -0.39 is 5.97 Å². The lowest BCUT2D eigenvalue weighted by atomic mass is 10.7. The van der Waals surface area contributed by atoms with Crippen LogP contribution in [0.5, 0.6) is 0 Å². The number of ether oxygens (including phenoxy) is 2. The third-order valence-corrected chi connectivity index (χ3v) is 0.507. The number of esters is 1. The summed E-state index contributed by atoms with van der Waals surface area (Å²) in [6.45, 7) is 1.91. The van der Waals surface area contributed by atoms with Gasteiger partial charge in [-0.15, -0.1) is 0 Å². The average molecular weight is 116 g/mol. The number of rotatable bonds is 3. The van der Waals surface area contributed by atoms with Crippen molar-refractivity contribution in [1.82, 2.24) is 0 Å². The smallest absolute Gasteiger partial charge is 0.332 e. The first-order valence-electron chi connectivity index (χ1n) is 2.28. The van der Waals surface area contributed by atoms with Crippen LogP contribution in [0.25, 0.3) is 0 Å². The molecule has 46 valence electrons. The normalized spacial score (nSPS) is 8.75. The molecule has 0 heterocycles. The van der Waals surface area contributed by atoms with Gasteiger partial charge in [-0.1, -0.05) is 0 Å². The first-order chi connectivity index (χ1) is 3.81. The summed E-state index contributed by atoms with van der Waals surface area (Å²) in [6.07, 6.45) is 0. The van der Waals surface area contributed by atoms with Crippen LogP contribution in [0.15, 0.2) is 0 Å². The van der Waals surface area contributed by atoms with Crippen LogP contribution >= 0.6 is 0 Å². The van der Waals surface area contributed by atoms with Crippen molar-refractivity contribution in [1.29, 1.82) is 0 Å². The molecule has 0 fully saturated rings. The number of carbonyl (C=O) groups is 1. The summed E-state index contributed by atoms with van der Waals surface area (Å²) < 4.78 is 8.42. The summed E-state index contributed by atoms with van der Waals surface area (Å²) in [5.74, 6) is -0.435. The molecule has 0 amide bonds. The number of hydrogen-bond acceptors (Lipinski definition) is 3. The minimum absolute atomic E-state index is 0.173.